The topological polar surface area (TPSA) is 49.3 Å². The largest absolute Gasteiger partial charge is 0.481 e. The van der Waals surface area contributed by atoms with Crippen molar-refractivity contribution in [3.05, 3.63) is 0 Å². The monoisotopic (exact) mass is 167 g/mol. The molecule has 0 saturated carbocycles. The van der Waals surface area contributed by atoms with Crippen molar-refractivity contribution in [2.45, 2.75) is 19.3 Å². The number of aliphatic carboxylic acids is 1. The minimum Gasteiger partial charge on any atom is -0.481 e. The van der Waals surface area contributed by atoms with Crippen LogP contribution in [0.2, 0.25) is 0 Å². The summed E-state index contributed by atoms with van der Waals surface area (Å²) in [6.07, 6.45) is -1.11. The summed E-state index contributed by atoms with van der Waals surface area (Å²) in [5.74, 6) is -4.62. The van der Waals surface area contributed by atoms with E-state index >= 15 is 0 Å². The minimum atomic E-state index is -3.14. The zero-order valence-corrected chi connectivity index (χ0v) is 6.23. The van der Waals surface area contributed by atoms with Gasteiger partial charge in [0.25, 0.3) is 5.92 Å². The molecule has 0 saturated heterocycles. The lowest BCUT2D eigenvalue weighted by Crippen LogP contribution is -2.34. The van der Waals surface area contributed by atoms with Crippen molar-refractivity contribution >= 4 is 5.97 Å². The highest BCUT2D eigenvalue weighted by Gasteiger charge is 2.31. The van der Waals surface area contributed by atoms with E-state index in [1.54, 1.807) is 6.92 Å². The first-order chi connectivity index (χ1) is 4.98. The number of carboxylic acids is 1. The van der Waals surface area contributed by atoms with Crippen LogP contribution in [-0.2, 0) is 4.79 Å². The molecule has 0 aliphatic carbocycles. The van der Waals surface area contributed by atoms with E-state index in [9.17, 15) is 13.6 Å². The Hall–Kier alpha value is -0.710. The molecule has 66 valence electrons. The molecule has 0 spiro atoms. The van der Waals surface area contributed by atoms with Crippen molar-refractivity contribution in [2.24, 2.45) is 0 Å². The van der Waals surface area contributed by atoms with E-state index in [1.807, 2.05) is 0 Å². The lowest BCUT2D eigenvalue weighted by Gasteiger charge is -2.13. The van der Waals surface area contributed by atoms with Crippen LogP contribution < -0.4 is 5.32 Å². The molecule has 0 fully saturated rings. The van der Waals surface area contributed by atoms with Crippen LogP contribution in [0, 0.1) is 0 Å². The molecule has 5 heteroatoms. The van der Waals surface area contributed by atoms with Gasteiger partial charge in [-0.25, -0.2) is 8.78 Å². The zero-order chi connectivity index (χ0) is 8.91. The van der Waals surface area contributed by atoms with Gasteiger partial charge in [-0.15, -0.1) is 0 Å². The molecule has 0 aromatic heterocycles. The summed E-state index contributed by atoms with van der Waals surface area (Å²) in [4.78, 5) is 9.87. The molecule has 0 aliphatic heterocycles. The average molecular weight is 167 g/mol. The van der Waals surface area contributed by atoms with E-state index in [2.05, 4.69) is 5.32 Å². The molecule has 0 atom stereocenters. The van der Waals surface area contributed by atoms with E-state index in [4.69, 9.17) is 5.11 Å². The van der Waals surface area contributed by atoms with Crippen LogP contribution in [0.25, 0.3) is 0 Å². The van der Waals surface area contributed by atoms with Crippen LogP contribution in [0.15, 0.2) is 0 Å². The average Bonchev–Trinajstić information content (AvgIpc) is 1.81. The molecule has 0 rings (SSSR count). The van der Waals surface area contributed by atoms with E-state index in [0.29, 0.717) is 6.54 Å². The predicted octanol–water partition coefficient (Wildman–Crippen LogP) is 0.706. The summed E-state index contributed by atoms with van der Waals surface area (Å²) in [6.45, 7) is 1.52. The van der Waals surface area contributed by atoms with Crippen molar-refractivity contribution < 1.29 is 18.7 Å². The Morgan fingerprint density at radius 1 is 1.64 bits per heavy atom. The fraction of sp³-hybridized carbons (Fsp3) is 0.833. The Kier molecular flexibility index (Phi) is 3.95. The maximum Gasteiger partial charge on any atom is 0.309 e. The third-order valence-corrected chi connectivity index (χ3v) is 1.04. The lowest BCUT2D eigenvalue weighted by atomic mass is 10.2. The van der Waals surface area contributed by atoms with Gasteiger partial charge in [0.2, 0.25) is 0 Å². The summed E-state index contributed by atoms with van der Waals surface area (Å²) < 4.78 is 24.8. The van der Waals surface area contributed by atoms with E-state index in [1.165, 1.54) is 0 Å². The van der Waals surface area contributed by atoms with Crippen LogP contribution in [0.1, 0.15) is 13.3 Å². The second-order valence-corrected chi connectivity index (χ2v) is 2.21. The Balaban J connectivity index is 3.70. The maximum atomic E-state index is 12.4. The number of rotatable bonds is 5. The first kappa shape index (κ1) is 10.3. The predicted molar refractivity (Wildman–Crippen MR) is 35.7 cm³/mol. The third kappa shape index (κ3) is 5.72. The fourth-order valence-electron chi connectivity index (χ4n) is 0.592. The molecule has 0 aromatic rings. The number of halogens is 2. The molecule has 0 aromatic carbocycles. The third-order valence-electron chi connectivity index (χ3n) is 1.04. The van der Waals surface area contributed by atoms with Crippen molar-refractivity contribution in [1.29, 1.82) is 0 Å². The van der Waals surface area contributed by atoms with Gasteiger partial charge in [0.1, 0.15) is 6.42 Å². The minimum absolute atomic E-state index is 0.412. The van der Waals surface area contributed by atoms with Gasteiger partial charge < -0.3 is 10.4 Å². The molecule has 2 N–H and O–H groups in total. The van der Waals surface area contributed by atoms with Crippen LogP contribution in [0.4, 0.5) is 8.78 Å². The molecule has 0 amide bonds. The zero-order valence-electron chi connectivity index (χ0n) is 6.23. The first-order valence-corrected chi connectivity index (χ1v) is 3.28. The smallest absolute Gasteiger partial charge is 0.309 e. The van der Waals surface area contributed by atoms with Gasteiger partial charge in [-0.05, 0) is 6.54 Å². The van der Waals surface area contributed by atoms with Crippen LogP contribution in [0.3, 0.4) is 0 Å². The molecular weight excluding hydrogens is 156 g/mol. The summed E-state index contributed by atoms with van der Waals surface area (Å²) in [6, 6.07) is 0. The van der Waals surface area contributed by atoms with Gasteiger partial charge in [-0.3, -0.25) is 4.79 Å². The second-order valence-electron chi connectivity index (χ2n) is 2.21. The normalized spacial score (nSPS) is 11.5. The Morgan fingerprint density at radius 3 is 2.55 bits per heavy atom. The summed E-state index contributed by atoms with van der Waals surface area (Å²) in [5, 5.41) is 10.4. The number of hydrogen-bond donors (Lipinski definition) is 2. The van der Waals surface area contributed by atoms with E-state index < -0.39 is 24.9 Å². The van der Waals surface area contributed by atoms with Crippen LogP contribution >= 0.6 is 0 Å². The van der Waals surface area contributed by atoms with Gasteiger partial charge in [0.05, 0.1) is 6.54 Å². The van der Waals surface area contributed by atoms with Crippen molar-refractivity contribution in [2.75, 3.05) is 13.1 Å². The van der Waals surface area contributed by atoms with Gasteiger partial charge in [0.15, 0.2) is 0 Å². The highest BCUT2D eigenvalue weighted by molar-refractivity contribution is 5.67. The Bertz CT molecular complexity index is 139. The summed E-state index contributed by atoms with van der Waals surface area (Å²) in [5.41, 5.74) is 0. The van der Waals surface area contributed by atoms with Crippen molar-refractivity contribution in [1.82, 2.24) is 5.32 Å². The summed E-state index contributed by atoms with van der Waals surface area (Å²) >= 11 is 0. The molecule has 0 aliphatic rings. The number of carboxylic acid groups (broad SMARTS) is 1. The highest BCUT2D eigenvalue weighted by atomic mass is 19.3. The van der Waals surface area contributed by atoms with E-state index in [0.717, 1.165) is 0 Å². The number of carbonyl (C=O) groups is 1. The molecule has 0 heterocycles. The standard InChI is InChI=1S/C6H11F2NO2/c1-2-9-4-6(7,8)3-5(10)11/h9H,2-4H2,1H3,(H,10,11). The fourth-order valence-corrected chi connectivity index (χ4v) is 0.592. The van der Waals surface area contributed by atoms with Crippen molar-refractivity contribution in [3.8, 4) is 0 Å². The quantitative estimate of drug-likeness (QED) is 0.633. The lowest BCUT2D eigenvalue weighted by molar-refractivity contribution is -0.144. The molecule has 0 unspecified atom stereocenters. The highest BCUT2D eigenvalue weighted by Crippen LogP contribution is 2.16. The van der Waals surface area contributed by atoms with Crippen molar-refractivity contribution in [3.63, 3.8) is 0 Å². The molecule has 11 heavy (non-hydrogen) atoms. The van der Waals surface area contributed by atoms with Gasteiger partial charge in [-0.2, -0.15) is 0 Å². The molecular formula is C6H11F2NO2. The Morgan fingerprint density at radius 2 is 2.18 bits per heavy atom. The first-order valence-electron chi connectivity index (χ1n) is 3.28. The summed E-state index contributed by atoms with van der Waals surface area (Å²) in [7, 11) is 0. The van der Waals surface area contributed by atoms with Crippen LogP contribution in [-0.4, -0.2) is 30.1 Å². The maximum absolute atomic E-state index is 12.4. The molecule has 0 radical (unpaired) electrons. The molecule has 3 nitrogen and oxygen atoms in total. The number of nitrogens with one attached hydrogen (secondary N) is 1. The van der Waals surface area contributed by atoms with Gasteiger partial charge >= 0.3 is 5.97 Å². The van der Waals surface area contributed by atoms with E-state index in [-0.39, 0.29) is 0 Å². The number of hydrogen-bond acceptors (Lipinski definition) is 2. The molecule has 0 bridgehead atoms. The Labute approximate surface area is 63.4 Å². The van der Waals surface area contributed by atoms with Gasteiger partial charge in [0, 0.05) is 0 Å². The van der Waals surface area contributed by atoms with Gasteiger partial charge in [-0.1, -0.05) is 6.92 Å². The number of alkyl halides is 2. The van der Waals surface area contributed by atoms with Crippen LogP contribution in [0.5, 0.6) is 0 Å². The SMILES string of the molecule is CCNCC(F)(F)CC(=O)O. The second kappa shape index (κ2) is 4.23.